The van der Waals surface area contributed by atoms with Gasteiger partial charge >= 0.3 is 6.09 Å². The molecule has 0 aliphatic heterocycles. The lowest BCUT2D eigenvalue weighted by Crippen LogP contribution is -2.27. The third kappa shape index (κ3) is 4.12. The first kappa shape index (κ1) is 16.9. The third-order valence-electron chi connectivity index (χ3n) is 3.50. The maximum Gasteiger partial charge on any atom is 0.412 e. The second-order valence-corrected chi connectivity index (χ2v) is 6.71. The lowest BCUT2D eigenvalue weighted by molar-refractivity contribution is 0.0636. The second-order valence-electron chi connectivity index (χ2n) is 6.71. The van der Waals surface area contributed by atoms with Crippen molar-refractivity contribution < 1.29 is 13.9 Å². The standard InChI is InChI=1S/C20H19FN2O2/c1-20(2,3)25-19(24)23-17-6-4-5-14-9-12-16(22-18(14)17)13-7-10-15(21)11-8-13/h4-12H,1-3H3,(H,23,24). The Labute approximate surface area is 145 Å². The number of amides is 1. The lowest BCUT2D eigenvalue weighted by Gasteiger charge is -2.20. The molecular formula is C20H19FN2O2. The smallest absolute Gasteiger partial charge is 0.412 e. The van der Waals surface area contributed by atoms with Crippen molar-refractivity contribution in [1.29, 1.82) is 0 Å². The second kappa shape index (κ2) is 6.51. The molecule has 0 saturated carbocycles. The van der Waals surface area contributed by atoms with Crippen molar-refractivity contribution >= 4 is 22.7 Å². The van der Waals surface area contributed by atoms with E-state index in [1.807, 2.05) is 24.3 Å². The summed E-state index contributed by atoms with van der Waals surface area (Å²) in [5.41, 5.74) is 2.13. The van der Waals surface area contributed by atoms with E-state index in [1.165, 1.54) is 12.1 Å². The van der Waals surface area contributed by atoms with E-state index in [9.17, 15) is 9.18 Å². The Kier molecular flexibility index (Phi) is 4.40. The van der Waals surface area contributed by atoms with Crippen molar-refractivity contribution in [2.24, 2.45) is 0 Å². The quantitative estimate of drug-likeness (QED) is 0.682. The molecule has 0 fully saturated rings. The molecule has 0 spiro atoms. The van der Waals surface area contributed by atoms with Gasteiger partial charge in [-0.2, -0.15) is 0 Å². The van der Waals surface area contributed by atoms with Crippen molar-refractivity contribution in [3.63, 3.8) is 0 Å². The molecular weight excluding hydrogens is 319 g/mol. The van der Waals surface area contributed by atoms with Gasteiger partial charge in [-0.1, -0.05) is 18.2 Å². The number of nitrogens with one attached hydrogen (secondary N) is 1. The van der Waals surface area contributed by atoms with Crippen molar-refractivity contribution in [2.45, 2.75) is 26.4 Å². The molecule has 25 heavy (non-hydrogen) atoms. The zero-order valence-corrected chi connectivity index (χ0v) is 14.3. The van der Waals surface area contributed by atoms with E-state index in [4.69, 9.17) is 4.74 Å². The van der Waals surface area contributed by atoms with Gasteiger partial charge in [0.25, 0.3) is 0 Å². The highest BCUT2D eigenvalue weighted by Gasteiger charge is 2.17. The van der Waals surface area contributed by atoms with Crippen molar-refractivity contribution in [3.8, 4) is 11.3 Å². The van der Waals surface area contributed by atoms with Crippen LogP contribution >= 0.6 is 0 Å². The summed E-state index contributed by atoms with van der Waals surface area (Å²) in [6, 6.07) is 15.5. The monoisotopic (exact) mass is 338 g/mol. The summed E-state index contributed by atoms with van der Waals surface area (Å²) in [6.45, 7) is 5.42. The van der Waals surface area contributed by atoms with E-state index in [0.717, 1.165) is 10.9 Å². The van der Waals surface area contributed by atoms with Crippen LogP contribution in [-0.2, 0) is 4.74 Å². The summed E-state index contributed by atoms with van der Waals surface area (Å²) in [6.07, 6.45) is -0.533. The van der Waals surface area contributed by atoms with E-state index in [-0.39, 0.29) is 5.82 Å². The van der Waals surface area contributed by atoms with Crippen molar-refractivity contribution in [2.75, 3.05) is 5.32 Å². The number of carbonyl (C=O) groups is 1. The fourth-order valence-electron chi connectivity index (χ4n) is 2.44. The van der Waals surface area contributed by atoms with Crippen molar-refractivity contribution in [1.82, 2.24) is 4.98 Å². The van der Waals surface area contributed by atoms with Gasteiger partial charge in [-0.15, -0.1) is 0 Å². The Morgan fingerprint density at radius 1 is 1.04 bits per heavy atom. The number of rotatable bonds is 2. The number of nitrogens with zero attached hydrogens (tertiary/aromatic N) is 1. The number of anilines is 1. The van der Waals surface area contributed by atoms with Gasteiger partial charge in [0, 0.05) is 10.9 Å². The minimum atomic E-state index is -0.582. The van der Waals surface area contributed by atoms with Crippen LogP contribution in [0.2, 0.25) is 0 Å². The minimum absolute atomic E-state index is 0.295. The van der Waals surface area contributed by atoms with Gasteiger partial charge in [0.05, 0.1) is 16.9 Å². The number of halogens is 1. The van der Waals surface area contributed by atoms with Gasteiger partial charge in [0.15, 0.2) is 0 Å². The number of hydrogen-bond donors (Lipinski definition) is 1. The molecule has 3 aromatic rings. The Balaban J connectivity index is 1.97. The molecule has 0 unspecified atom stereocenters. The highest BCUT2D eigenvalue weighted by Crippen LogP contribution is 2.26. The van der Waals surface area contributed by atoms with Crippen LogP contribution in [0, 0.1) is 5.82 Å². The topological polar surface area (TPSA) is 51.2 Å². The van der Waals surface area contributed by atoms with Gasteiger partial charge in [-0.25, -0.2) is 14.2 Å². The van der Waals surface area contributed by atoms with Crippen LogP contribution in [0.25, 0.3) is 22.2 Å². The van der Waals surface area contributed by atoms with E-state index in [2.05, 4.69) is 10.3 Å². The Hall–Kier alpha value is -2.95. The zero-order valence-electron chi connectivity index (χ0n) is 14.3. The molecule has 0 bridgehead atoms. The molecule has 5 heteroatoms. The first-order valence-electron chi connectivity index (χ1n) is 7.97. The van der Waals surface area contributed by atoms with Gasteiger partial charge in [-0.05, 0) is 57.2 Å². The number of pyridine rings is 1. The number of fused-ring (bicyclic) bond motifs is 1. The normalized spacial score (nSPS) is 11.4. The fraction of sp³-hybridized carbons (Fsp3) is 0.200. The number of carbonyl (C=O) groups excluding carboxylic acids is 1. The molecule has 0 aliphatic carbocycles. The first-order chi connectivity index (χ1) is 11.8. The third-order valence-corrected chi connectivity index (χ3v) is 3.50. The average molecular weight is 338 g/mol. The Morgan fingerprint density at radius 3 is 2.44 bits per heavy atom. The number of benzene rings is 2. The van der Waals surface area contributed by atoms with Crippen LogP contribution in [0.5, 0.6) is 0 Å². The van der Waals surface area contributed by atoms with Gasteiger partial charge < -0.3 is 4.74 Å². The molecule has 128 valence electrons. The summed E-state index contributed by atoms with van der Waals surface area (Å²) in [5, 5.41) is 3.63. The summed E-state index contributed by atoms with van der Waals surface area (Å²) in [5.74, 6) is -0.295. The van der Waals surface area contributed by atoms with Crippen LogP contribution < -0.4 is 5.32 Å². The van der Waals surface area contributed by atoms with E-state index < -0.39 is 11.7 Å². The lowest BCUT2D eigenvalue weighted by atomic mass is 10.1. The van der Waals surface area contributed by atoms with Crippen molar-refractivity contribution in [3.05, 3.63) is 60.4 Å². The predicted octanol–water partition coefficient (Wildman–Crippen LogP) is 5.39. The zero-order chi connectivity index (χ0) is 18.0. The van der Waals surface area contributed by atoms with Crippen LogP contribution in [0.3, 0.4) is 0 Å². The maximum absolute atomic E-state index is 13.1. The molecule has 4 nitrogen and oxygen atoms in total. The molecule has 1 N–H and O–H groups in total. The van der Waals surface area contributed by atoms with Gasteiger partial charge in [0.1, 0.15) is 11.4 Å². The van der Waals surface area contributed by atoms with Gasteiger partial charge in [0.2, 0.25) is 0 Å². The minimum Gasteiger partial charge on any atom is -0.444 e. The van der Waals surface area contributed by atoms with E-state index >= 15 is 0 Å². The van der Waals surface area contributed by atoms with Crippen LogP contribution in [0.4, 0.5) is 14.9 Å². The Bertz CT molecular complexity index is 915. The molecule has 2 aromatic carbocycles. The predicted molar refractivity (Wildman–Crippen MR) is 97.0 cm³/mol. The molecule has 0 atom stereocenters. The summed E-state index contributed by atoms with van der Waals surface area (Å²) >= 11 is 0. The first-order valence-corrected chi connectivity index (χ1v) is 7.97. The maximum atomic E-state index is 13.1. The number of hydrogen-bond acceptors (Lipinski definition) is 3. The van der Waals surface area contributed by atoms with Crippen LogP contribution in [-0.4, -0.2) is 16.7 Å². The number of ether oxygens (including phenoxy) is 1. The molecule has 0 saturated heterocycles. The summed E-state index contributed by atoms with van der Waals surface area (Å²) in [7, 11) is 0. The molecule has 1 amide bonds. The highest BCUT2D eigenvalue weighted by molar-refractivity contribution is 5.98. The number of aromatic nitrogens is 1. The number of para-hydroxylation sites is 1. The Morgan fingerprint density at radius 2 is 1.76 bits per heavy atom. The van der Waals surface area contributed by atoms with E-state index in [1.54, 1.807) is 39.0 Å². The largest absolute Gasteiger partial charge is 0.444 e. The highest BCUT2D eigenvalue weighted by atomic mass is 19.1. The van der Waals surface area contributed by atoms with Crippen LogP contribution in [0.1, 0.15) is 20.8 Å². The molecule has 0 aliphatic rings. The van der Waals surface area contributed by atoms with E-state index in [0.29, 0.717) is 16.9 Å². The SMILES string of the molecule is CC(C)(C)OC(=O)Nc1cccc2ccc(-c3ccc(F)cc3)nc12. The fourth-order valence-corrected chi connectivity index (χ4v) is 2.44. The molecule has 3 rings (SSSR count). The molecule has 1 aromatic heterocycles. The average Bonchev–Trinajstić information content (AvgIpc) is 2.54. The van der Waals surface area contributed by atoms with Crippen LogP contribution in [0.15, 0.2) is 54.6 Å². The summed E-state index contributed by atoms with van der Waals surface area (Å²) < 4.78 is 18.4. The molecule has 1 heterocycles. The summed E-state index contributed by atoms with van der Waals surface area (Å²) in [4.78, 5) is 16.7. The van der Waals surface area contributed by atoms with Gasteiger partial charge in [-0.3, -0.25) is 5.32 Å². The molecule has 0 radical (unpaired) electrons.